The maximum atomic E-state index is 10.5. The van der Waals surface area contributed by atoms with Crippen LogP contribution in [0.3, 0.4) is 0 Å². The van der Waals surface area contributed by atoms with E-state index in [0.29, 0.717) is 18.8 Å². The van der Waals surface area contributed by atoms with Crippen molar-refractivity contribution >= 4 is 5.82 Å². The molecule has 30 heavy (non-hydrogen) atoms. The summed E-state index contributed by atoms with van der Waals surface area (Å²) in [5, 5.41) is 19.8. The number of rotatable bonds is 9. The molecule has 0 aliphatic rings. The first-order chi connectivity index (χ1) is 14.6. The van der Waals surface area contributed by atoms with Crippen molar-refractivity contribution in [2.45, 2.75) is 38.4 Å². The average molecular weight is 403 g/mol. The standard InChI is InChI=1S/C24H25N3O3/c1-17(28)22(29-15-18-8-4-2-5-9-18)23(30-16-19-10-6-3-7-11-19)21-12-20(13-25)24(26)27-14-21/h2-12,14,17,22-23,28H,15-16H2,1H3,(H2,26,27)/t17-,22+,23+/m0/s1. The summed E-state index contributed by atoms with van der Waals surface area (Å²) in [5.41, 5.74) is 8.63. The van der Waals surface area contributed by atoms with Crippen LogP contribution in [0.25, 0.3) is 0 Å². The molecule has 0 aliphatic carbocycles. The fraction of sp³-hybridized carbons (Fsp3) is 0.250. The molecular weight excluding hydrogens is 378 g/mol. The molecule has 1 heterocycles. The van der Waals surface area contributed by atoms with Crippen molar-refractivity contribution < 1.29 is 14.6 Å². The summed E-state index contributed by atoms with van der Waals surface area (Å²) < 4.78 is 12.3. The first-order valence-electron chi connectivity index (χ1n) is 9.73. The molecule has 0 spiro atoms. The number of nitrogens with two attached hydrogens (primary N) is 1. The van der Waals surface area contributed by atoms with E-state index in [1.807, 2.05) is 66.7 Å². The molecule has 3 N–H and O–H groups in total. The minimum atomic E-state index is -0.822. The molecule has 3 atom stereocenters. The van der Waals surface area contributed by atoms with Gasteiger partial charge in [0.15, 0.2) is 0 Å². The highest BCUT2D eigenvalue weighted by atomic mass is 16.5. The van der Waals surface area contributed by atoms with Gasteiger partial charge in [0.05, 0.1) is 24.9 Å². The molecule has 0 amide bonds. The van der Waals surface area contributed by atoms with Crippen LogP contribution in [0.2, 0.25) is 0 Å². The Bertz CT molecular complexity index is 972. The van der Waals surface area contributed by atoms with Gasteiger partial charge in [-0.25, -0.2) is 4.98 Å². The number of hydrogen-bond donors (Lipinski definition) is 2. The Hall–Kier alpha value is -3.24. The number of benzene rings is 2. The van der Waals surface area contributed by atoms with Crippen LogP contribution in [0.15, 0.2) is 72.9 Å². The molecule has 0 unspecified atom stereocenters. The zero-order valence-electron chi connectivity index (χ0n) is 16.8. The quantitative estimate of drug-likeness (QED) is 0.564. The topological polar surface area (TPSA) is 101 Å². The van der Waals surface area contributed by atoms with Crippen molar-refractivity contribution in [1.29, 1.82) is 5.26 Å². The lowest BCUT2D eigenvalue weighted by molar-refractivity contribution is -0.130. The number of aromatic nitrogens is 1. The summed E-state index contributed by atoms with van der Waals surface area (Å²) in [4.78, 5) is 4.12. The first kappa shape index (κ1) is 21.5. The Balaban J connectivity index is 1.87. The number of ether oxygens (including phenoxy) is 2. The molecule has 6 heteroatoms. The number of anilines is 1. The van der Waals surface area contributed by atoms with Crippen LogP contribution in [0, 0.1) is 11.3 Å². The average Bonchev–Trinajstić information content (AvgIpc) is 2.77. The van der Waals surface area contributed by atoms with E-state index >= 15 is 0 Å². The molecule has 3 rings (SSSR count). The van der Waals surface area contributed by atoms with E-state index in [1.54, 1.807) is 19.2 Å². The Morgan fingerprint density at radius 3 is 2.10 bits per heavy atom. The van der Waals surface area contributed by atoms with Crippen LogP contribution in [-0.2, 0) is 22.7 Å². The first-order valence-corrected chi connectivity index (χ1v) is 9.73. The van der Waals surface area contributed by atoms with E-state index in [-0.39, 0.29) is 11.4 Å². The fourth-order valence-corrected chi connectivity index (χ4v) is 3.12. The smallest absolute Gasteiger partial charge is 0.141 e. The number of aliphatic hydroxyl groups excluding tert-OH is 1. The second-order valence-electron chi connectivity index (χ2n) is 7.03. The summed E-state index contributed by atoms with van der Waals surface area (Å²) in [6.45, 7) is 2.29. The van der Waals surface area contributed by atoms with Gasteiger partial charge in [0.2, 0.25) is 0 Å². The molecular formula is C24H25N3O3. The van der Waals surface area contributed by atoms with Crippen molar-refractivity contribution in [3.63, 3.8) is 0 Å². The third-order valence-corrected chi connectivity index (χ3v) is 4.72. The highest BCUT2D eigenvalue weighted by Gasteiger charge is 2.30. The summed E-state index contributed by atoms with van der Waals surface area (Å²) in [6.07, 6.45) is -0.579. The number of pyridine rings is 1. The molecule has 0 fully saturated rings. The van der Waals surface area contributed by atoms with Gasteiger partial charge < -0.3 is 20.3 Å². The molecule has 0 aliphatic heterocycles. The van der Waals surface area contributed by atoms with E-state index in [2.05, 4.69) is 4.98 Å². The highest BCUT2D eigenvalue weighted by Crippen LogP contribution is 2.29. The van der Waals surface area contributed by atoms with E-state index < -0.39 is 18.3 Å². The second-order valence-corrected chi connectivity index (χ2v) is 7.03. The van der Waals surface area contributed by atoms with Gasteiger partial charge in [-0.2, -0.15) is 5.26 Å². The van der Waals surface area contributed by atoms with Crippen molar-refractivity contribution in [1.82, 2.24) is 4.98 Å². The third kappa shape index (κ3) is 5.65. The summed E-state index contributed by atoms with van der Waals surface area (Å²) in [6, 6.07) is 23.1. The minimum Gasteiger partial charge on any atom is -0.391 e. The monoisotopic (exact) mass is 403 g/mol. The van der Waals surface area contributed by atoms with Crippen LogP contribution in [-0.4, -0.2) is 22.3 Å². The van der Waals surface area contributed by atoms with Gasteiger partial charge in [-0.3, -0.25) is 0 Å². The zero-order chi connectivity index (χ0) is 21.3. The lowest BCUT2D eigenvalue weighted by Crippen LogP contribution is -2.34. The van der Waals surface area contributed by atoms with Crippen LogP contribution in [0.4, 0.5) is 5.82 Å². The molecule has 0 radical (unpaired) electrons. The number of nitriles is 1. The van der Waals surface area contributed by atoms with Gasteiger partial charge in [0.1, 0.15) is 24.1 Å². The van der Waals surface area contributed by atoms with E-state index in [1.165, 1.54) is 0 Å². The van der Waals surface area contributed by atoms with Crippen molar-refractivity contribution in [3.05, 3.63) is 95.2 Å². The van der Waals surface area contributed by atoms with E-state index in [0.717, 1.165) is 11.1 Å². The number of hydrogen-bond acceptors (Lipinski definition) is 6. The van der Waals surface area contributed by atoms with Crippen LogP contribution < -0.4 is 5.73 Å². The van der Waals surface area contributed by atoms with Crippen LogP contribution in [0.1, 0.15) is 35.3 Å². The van der Waals surface area contributed by atoms with Gasteiger partial charge in [-0.1, -0.05) is 60.7 Å². The van der Waals surface area contributed by atoms with Gasteiger partial charge in [-0.05, 0) is 24.1 Å². The molecule has 1 aromatic heterocycles. The normalized spacial score (nSPS) is 13.9. The third-order valence-electron chi connectivity index (χ3n) is 4.72. The Morgan fingerprint density at radius 2 is 1.57 bits per heavy atom. The fourth-order valence-electron chi connectivity index (χ4n) is 3.12. The zero-order valence-corrected chi connectivity index (χ0v) is 16.8. The van der Waals surface area contributed by atoms with Gasteiger partial charge in [-0.15, -0.1) is 0 Å². The second kappa shape index (κ2) is 10.5. The van der Waals surface area contributed by atoms with E-state index in [9.17, 15) is 10.4 Å². The maximum Gasteiger partial charge on any atom is 0.141 e. The van der Waals surface area contributed by atoms with Crippen molar-refractivity contribution in [2.75, 3.05) is 5.73 Å². The number of nitrogen functional groups attached to an aromatic ring is 1. The van der Waals surface area contributed by atoms with Gasteiger partial charge in [0.25, 0.3) is 0 Å². The molecule has 3 aromatic rings. The molecule has 0 bridgehead atoms. The van der Waals surface area contributed by atoms with Crippen molar-refractivity contribution in [2.24, 2.45) is 0 Å². The maximum absolute atomic E-state index is 10.5. The Kier molecular flexibility index (Phi) is 7.52. The lowest BCUT2D eigenvalue weighted by Gasteiger charge is -2.30. The minimum absolute atomic E-state index is 0.155. The Labute approximate surface area is 176 Å². The number of nitrogens with zero attached hydrogens (tertiary/aromatic N) is 2. The largest absolute Gasteiger partial charge is 0.391 e. The molecule has 0 saturated carbocycles. The molecule has 6 nitrogen and oxygen atoms in total. The predicted octanol–water partition coefficient (Wildman–Crippen LogP) is 3.76. The van der Waals surface area contributed by atoms with E-state index in [4.69, 9.17) is 15.2 Å². The van der Waals surface area contributed by atoms with Crippen LogP contribution in [0.5, 0.6) is 0 Å². The molecule has 154 valence electrons. The SMILES string of the molecule is C[C@H](O)[C@@H](OCc1ccccc1)[C@H](OCc1ccccc1)c1cnc(N)c(C#N)c1. The van der Waals surface area contributed by atoms with Crippen LogP contribution >= 0.6 is 0 Å². The van der Waals surface area contributed by atoms with Gasteiger partial charge >= 0.3 is 0 Å². The Morgan fingerprint density at radius 1 is 1.00 bits per heavy atom. The van der Waals surface area contributed by atoms with Crippen molar-refractivity contribution in [3.8, 4) is 6.07 Å². The lowest BCUT2D eigenvalue weighted by atomic mass is 10.0. The predicted molar refractivity (Wildman–Crippen MR) is 114 cm³/mol. The summed E-state index contributed by atoms with van der Waals surface area (Å²) in [7, 11) is 0. The summed E-state index contributed by atoms with van der Waals surface area (Å²) >= 11 is 0. The number of aliphatic hydroxyl groups is 1. The van der Waals surface area contributed by atoms with Gasteiger partial charge in [0, 0.05) is 11.8 Å². The molecule has 2 aromatic carbocycles. The summed E-state index contributed by atoms with van der Waals surface area (Å²) in [5.74, 6) is 0.155. The highest BCUT2D eigenvalue weighted by molar-refractivity contribution is 5.49. The molecule has 0 saturated heterocycles.